The van der Waals surface area contributed by atoms with Crippen molar-refractivity contribution in [3.63, 3.8) is 0 Å². The van der Waals surface area contributed by atoms with E-state index >= 15 is 0 Å². The summed E-state index contributed by atoms with van der Waals surface area (Å²) in [7, 11) is 7.98. The van der Waals surface area contributed by atoms with Gasteiger partial charge in [0.1, 0.15) is 11.5 Å². The number of anilines is 1. The number of benzene rings is 2. The van der Waals surface area contributed by atoms with E-state index in [1.807, 2.05) is 47.5 Å². The van der Waals surface area contributed by atoms with Gasteiger partial charge in [-0.25, -0.2) is 0 Å². The largest absolute Gasteiger partial charge is 0.497 e. The second-order valence-corrected chi connectivity index (χ2v) is 7.63. The Morgan fingerprint density at radius 1 is 0.824 bits per heavy atom. The highest BCUT2D eigenvalue weighted by molar-refractivity contribution is 7.80. The Labute approximate surface area is 205 Å². The molecule has 34 heavy (non-hydrogen) atoms. The minimum Gasteiger partial charge on any atom is -0.497 e. The van der Waals surface area contributed by atoms with Gasteiger partial charge in [0.25, 0.3) is 0 Å². The maximum absolute atomic E-state index is 5.82. The van der Waals surface area contributed by atoms with Crippen molar-refractivity contribution in [3.05, 3.63) is 66.0 Å². The first-order valence-electron chi connectivity index (χ1n) is 10.5. The molecule has 8 nitrogen and oxygen atoms in total. The second-order valence-electron chi connectivity index (χ2n) is 7.25. The molecule has 1 heterocycles. The topological polar surface area (TPSA) is 74.3 Å². The zero-order valence-corrected chi connectivity index (χ0v) is 20.8. The van der Waals surface area contributed by atoms with Crippen LogP contribution in [0.3, 0.4) is 0 Å². The van der Waals surface area contributed by atoms with Crippen molar-refractivity contribution in [3.8, 4) is 28.7 Å². The van der Waals surface area contributed by atoms with Crippen molar-refractivity contribution in [2.75, 3.05) is 40.9 Å². The number of hydrogen-bond donors (Lipinski definition) is 1. The Balaban J connectivity index is 1.92. The van der Waals surface area contributed by atoms with Crippen LogP contribution in [0.1, 0.15) is 11.1 Å². The predicted octanol–water partition coefficient (Wildman–Crippen LogP) is 4.52. The Morgan fingerprint density at radius 3 is 2.06 bits per heavy atom. The van der Waals surface area contributed by atoms with Gasteiger partial charge in [-0.05, 0) is 53.7 Å². The summed E-state index contributed by atoms with van der Waals surface area (Å²) in [5.41, 5.74) is 2.68. The van der Waals surface area contributed by atoms with Gasteiger partial charge >= 0.3 is 0 Å². The Kier molecular flexibility index (Phi) is 8.75. The molecule has 0 atom stereocenters. The zero-order valence-electron chi connectivity index (χ0n) is 20.0. The molecular weight excluding hydrogens is 454 g/mol. The van der Waals surface area contributed by atoms with E-state index in [0.29, 0.717) is 46.9 Å². The van der Waals surface area contributed by atoms with Gasteiger partial charge in [-0.2, -0.15) is 0 Å². The molecule has 0 unspecified atom stereocenters. The monoisotopic (exact) mass is 483 g/mol. The molecule has 0 saturated heterocycles. The average molecular weight is 484 g/mol. The number of rotatable bonds is 10. The lowest BCUT2D eigenvalue weighted by Crippen LogP contribution is -2.34. The molecule has 3 aromatic rings. The quantitative estimate of drug-likeness (QED) is 0.419. The summed E-state index contributed by atoms with van der Waals surface area (Å²) in [5, 5.41) is 3.82. The molecule has 2 aromatic carbocycles. The van der Waals surface area contributed by atoms with Gasteiger partial charge in [0.15, 0.2) is 16.6 Å². The number of nitrogens with zero attached hydrogens (tertiary/aromatic N) is 2. The maximum Gasteiger partial charge on any atom is 0.203 e. The molecule has 0 bridgehead atoms. The fraction of sp³-hybridized carbons (Fsp3) is 0.280. The van der Waals surface area contributed by atoms with Crippen molar-refractivity contribution >= 4 is 23.0 Å². The van der Waals surface area contributed by atoms with E-state index in [1.165, 1.54) is 0 Å². The lowest BCUT2D eigenvalue weighted by atomic mass is 10.1. The normalized spacial score (nSPS) is 10.3. The summed E-state index contributed by atoms with van der Waals surface area (Å²) in [4.78, 5) is 6.26. The standard InChI is InChI=1S/C25H29N3O5S/c1-29-19-8-9-20(21(13-19)30-2)27-25(34)28(15-17-7-6-10-26-14-17)16-18-11-22(31-3)24(33-5)23(12-18)32-4/h6-14H,15-16H2,1-5H3,(H,27,34). The van der Waals surface area contributed by atoms with Gasteiger partial charge < -0.3 is 33.9 Å². The SMILES string of the molecule is COc1ccc(NC(=S)N(Cc2cccnc2)Cc2cc(OC)c(OC)c(OC)c2)c(OC)c1. The van der Waals surface area contributed by atoms with E-state index in [4.69, 9.17) is 35.9 Å². The van der Waals surface area contributed by atoms with Crippen LogP contribution in [0.15, 0.2) is 54.9 Å². The number of thiocarbonyl (C=S) groups is 1. The highest BCUT2D eigenvalue weighted by Gasteiger charge is 2.18. The van der Waals surface area contributed by atoms with Gasteiger partial charge in [-0.15, -0.1) is 0 Å². The Hall–Kier alpha value is -3.72. The van der Waals surface area contributed by atoms with Crippen molar-refractivity contribution in [2.24, 2.45) is 0 Å². The zero-order chi connectivity index (χ0) is 24.5. The van der Waals surface area contributed by atoms with Crippen molar-refractivity contribution < 1.29 is 23.7 Å². The molecule has 1 N–H and O–H groups in total. The van der Waals surface area contributed by atoms with Crippen LogP contribution >= 0.6 is 12.2 Å². The molecule has 0 aliphatic rings. The Morgan fingerprint density at radius 2 is 1.50 bits per heavy atom. The molecule has 180 valence electrons. The minimum absolute atomic E-state index is 0.482. The first-order valence-corrected chi connectivity index (χ1v) is 10.9. The van der Waals surface area contributed by atoms with E-state index in [2.05, 4.69) is 10.3 Å². The summed E-state index contributed by atoms with van der Waals surface area (Å²) in [5.74, 6) is 3.01. The second kappa shape index (κ2) is 11.9. The van der Waals surface area contributed by atoms with Crippen LogP contribution in [0.2, 0.25) is 0 Å². The molecule has 0 radical (unpaired) electrons. The number of nitrogens with one attached hydrogen (secondary N) is 1. The first-order chi connectivity index (χ1) is 16.5. The molecule has 3 rings (SSSR count). The van der Waals surface area contributed by atoms with Crippen LogP contribution in [0.25, 0.3) is 0 Å². The smallest absolute Gasteiger partial charge is 0.203 e. The highest BCUT2D eigenvalue weighted by atomic mass is 32.1. The number of aromatic nitrogens is 1. The lowest BCUT2D eigenvalue weighted by Gasteiger charge is -2.27. The van der Waals surface area contributed by atoms with E-state index in [-0.39, 0.29) is 0 Å². The van der Waals surface area contributed by atoms with Crippen LogP contribution < -0.4 is 29.0 Å². The van der Waals surface area contributed by atoms with Crippen LogP contribution in [-0.4, -0.2) is 50.5 Å². The number of hydrogen-bond acceptors (Lipinski definition) is 7. The fourth-order valence-electron chi connectivity index (χ4n) is 3.45. The molecule has 0 saturated carbocycles. The lowest BCUT2D eigenvalue weighted by molar-refractivity contribution is 0.322. The third kappa shape index (κ3) is 5.99. The predicted molar refractivity (Wildman–Crippen MR) is 135 cm³/mol. The molecular formula is C25H29N3O5S. The summed E-state index contributed by atoms with van der Waals surface area (Å²) in [6, 6.07) is 13.2. The van der Waals surface area contributed by atoms with Gasteiger partial charge in [0.05, 0.1) is 41.2 Å². The Bertz CT molecular complexity index is 1090. The van der Waals surface area contributed by atoms with Crippen LogP contribution in [-0.2, 0) is 13.1 Å². The van der Waals surface area contributed by atoms with Crippen LogP contribution in [0.4, 0.5) is 5.69 Å². The molecule has 1 aromatic heterocycles. The molecule has 9 heteroatoms. The van der Waals surface area contributed by atoms with Crippen molar-refractivity contribution in [1.82, 2.24) is 9.88 Å². The van der Waals surface area contributed by atoms with Crippen molar-refractivity contribution in [1.29, 1.82) is 0 Å². The van der Waals surface area contributed by atoms with Crippen LogP contribution in [0, 0.1) is 0 Å². The molecule has 0 spiro atoms. The summed E-state index contributed by atoms with van der Waals surface area (Å²) < 4.78 is 27.3. The van der Waals surface area contributed by atoms with E-state index in [0.717, 1.165) is 16.8 Å². The van der Waals surface area contributed by atoms with Crippen LogP contribution in [0.5, 0.6) is 28.7 Å². The van der Waals surface area contributed by atoms with Gasteiger partial charge in [0, 0.05) is 31.5 Å². The summed E-state index contributed by atoms with van der Waals surface area (Å²) in [6.45, 7) is 1.02. The summed E-state index contributed by atoms with van der Waals surface area (Å²) >= 11 is 5.82. The molecule has 0 aliphatic carbocycles. The fourth-order valence-corrected chi connectivity index (χ4v) is 3.69. The van der Waals surface area contributed by atoms with Gasteiger partial charge in [-0.1, -0.05) is 6.07 Å². The molecule has 0 fully saturated rings. The third-order valence-electron chi connectivity index (χ3n) is 5.13. The number of methoxy groups -OCH3 is 5. The van der Waals surface area contributed by atoms with Gasteiger partial charge in [0.2, 0.25) is 5.75 Å². The minimum atomic E-state index is 0.482. The third-order valence-corrected chi connectivity index (χ3v) is 5.49. The van der Waals surface area contributed by atoms with Crippen molar-refractivity contribution in [2.45, 2.75) is 13.1 Å². The number of ether oxygens (including phenoxy) is 5. The van der Waals surface area contributed by atoms with E-state index < -0.39 is 0 Å². The summed E-state index contributed by atoms with van der Waals surface area (Å²) in [6.07, 6.45) is 3.56. The molecule has 0 aliphatic heterocycles. The number of pyridine rings is 1. The first kappa shape index (κ1) is 24.9. The van der Waals surface area contributed by atoms with E-state index in [9.17, 15) is 0 Å². The van der Waals surface area contributed by atoms with Gasteiger partial charge in [-0.3, -0.25) is 4.98 Å². The average Bonchev–Trinajstić information content (AvgIpc) is 2.88. The molecule has 0 amide bonds. The highest BCUT2D eigenvalue weighted by Crippen LogP contribution is 2.38. The maximum atomic E-state index is 5.82. The van der Waals surface area contributed by atoms with E-state index in [1.54, 1.807) is 47.8 Å².